The molecule has 3 aromatic rings. The minimum atomic E-state index is -3.79. The average Bonchev–Trinajstić information content (AvgIpc) is 3.42. The van der Waals surface area contributed by atoms with Gasteiger partial charge >= 0.3 is 0 Å². The Morgan fingerprint density at radius 3 is 2.57 bits per heavy atom. The van der Waals surface area contributed by atoms with Crippen LogP contribution in [-0.2, 0) is 31.5 Å². The largest absolute Gasteiger partial charge is 0.390 e. The molecular formula is C32H35FN4O6S. The van der Waals surface area contributed by atoms with Crippen LogP contribution in [0.4, 0.5) is 10.1 Å². The van der Waals surface area contributed by atoms with Crippen LogP contribution in [0.5, 0.6) is 0 Å². The van der Waals surface area contributed by atoms with Crippen molar-refractivity contribution >= 4 is 39.0 Å². The van der Waals surface area contributed by atoms with Gasteiger partial charge in [-0.05, 0) is 67.3 Å². The number of H-pyrrole nitrogens is 1. The number of benzene rings is 2. The van der Waals surface area contributed by atoms with E-state index in [4.69, 9.17) is 4.74 Å². The van der Waals surface area contributed by atoms with Gasteiger partial charge in [0, 0.05) is 55.4 Å². The van der Waals surface area contributed by atoms with E-state index in [0.717, 1.165) is 25.2 Å². The van der Waals surface area contributed by atoms with Crippen molar-refractivity contribution in [2.45, 2.75) is 36.5 Å². The summed E-state index contributed by atoms with van der Waals surface area (Å²) in [6, 6.07) is 9.78. The van der Waals surface area contributed by atoms with Gasteiger partial charge in [-0.1, -0.05) is 12.1 Å². The maximum atomic E-state index is 13.7. The first-order valence-electron chi connectivity index (χ1n) is 14.7. The molecule has 4 heterocycles. The third kappa shape index (κ3) is 6.20. The summed E-state index contributed by atoms with van der Waals surface area (Å²) >= 11 is 0. The minimum absolute atomic E-state index is 0.0448. The summed E-state index contributed by atoms with van der Waals surface area (Å²) in [6.45, 7) is 5.82. The Morgan fingerprint density at radius 1 is 1.07 bits per heavy atom. The van der Waals surface area contributed by atoms with E-state index in [0.29, 0.717) is 66.4 Å². The molecule has 2 aromatic carbocycles. The Labute approximate surface area is 255 Å². The molecule has 10 nitrogen and oxygen atoms in total. The van der Waals surface area contributed by atoms with Crippen LogP contribution in [0.15, 0.2) is 47.4 Å². The van der Waals surface area contributed by atoms with Gasteiger partial charge < -0.3 is 25.0 Å². The smallest absolute Gasteiger partial charge is 0.256 e. The molecule has 2 amide bonds. The number of β-amino-alcohol motifs (C(OH)–C–C–N with tert-alkyl or cyclic N) is 1. The highest BCUT2D eigenvalue weighted by Gasteiger charge is 2.31. The van der Waals surface area contributed by atoms with Crippen molar-refractivity contribution in [1.82, 2.24) is 14.8 Å². The van der Waals surface area contributed by atoms with E-state index in [9.17, 15) is 27.5 Å². The van der Waals surface area contributed by atoms with E-state index in [1.807, 2.05) is 6.92 Å². The molecule has 0 saturated carbocycles. The second-order valence-electron chi connectivity index (χ2n) is 11.5. The molecule has 1 atom stereocenters. The lowest BCUT2D eigenvalue weighted by molar-refractivity contribution is -0.110. The van der Waals surface area contributed by atoms with Crippen molar-refractivity contribution in [3.8, 4) is 0 Å². The molecule has 0 aliphatic carbocycles. The zero-order valence-corrected chi connectivity index (χ0v) is 25.3. The Kier molecular flexibility index (Phi) is 8.42. The average molecular weight is 623 g/mol. The van der Waals surface area contributed by atoms with Crippen LogP contribution in [0.25, 0.3) is 11.6 Å². The molecule has 12 heteroatoms. The van der Waals surface area contributed by atoms with Crippen LogP contribution in [0.1, 0.15) is 44.9 Å². The monoisotopic (exact) mass is 622 g/mol. The van der Waals surface area contributed by atoms with Gasteiger partial charge in [0.05, 0.1) is 41.1 Å². The lowest BCUT2D eigenvalue weighted by atomic mass is 10.0. The topological polar surface area (TPSA) is 132 Å². The number of nitrogens with zero attached hydrogens (tertiary/aromatic N) is 2. The van der Waals surface area contributed by atoms with Crippen molar-refractivity contribution in [1.29, 1.82) is 0 Å². The van der Waals surface area contributed by atoms with Crippen molar-refractivity contribution in [3.05, 3.63) is 81.9 Å². The number of carbonyl (C=O) groups excluding carboxylic acids is 2. The Balaban J connectivity index is 1.25. The third-order valence-corrected chi connectivity index (χ3v) is 10.1. The summed E-state index contributed by atoms with van der Waals surface area (Å²) in [5.41, 5.74) is 4.27. The molecule has 1 aromatic heterocycles. The first-order chi connectivity index (χ1) is 21.1. The predicted molar refractivity (Wildman–Crippen MR) is 163 cm³/mol. The number of aryl methyl sites for hydroxylation is 1. The van der Waals surface area contributed by atoms with Gasteiger partial charge in [-0.25, -0.2) is 12.8 Å². The van der Waals surface area contributed by atoms with E-state index < -0.39 is 21.8 Å². The lowest BCUT2D eigenvalue weighted by Gasteiger charge is -2.31. The van der Waals surface area contributed by atoms with Crippen LogP contribution in [-0.4, -0.2) is 92.2 Å². The summed E-state index contributed by atoms with van der Waals surface area (Å²) in [4.78, 5) is 33.9. The molecule has 6 rings (SSSR count). The molecule has 0 unspecified atom stereocenters. The number of hydrogen-bond acceptors (Lipinski definition) is 7. The summed E-state index contributed by atoms with van der Waals surface area (Å²) in [6.07, 6.45) is 2.33. The van der Waals surface area contributed by atoms with Crippen LogP contribution in [0, 0.1) is 12.7 Å². The Bertz CT molecular complexity index is 1730. The molecule has 1 saturated heterocycles. The minimum Gasteiger partial charge on any atom is -0.390 e. The maximum Gasteiger partial charge on any atom is 0.256 e. The number of ether oxygens (including phenoxy) is 1. The highest BCUT2D eigenvalue weighted by Crippen LogP contribution is 2.36. The number of aliphatic hydroxyl groups excluding tert-OH is 1. The van der Waals surface area contributed by atoms with E-state index in [-0.39, 0.29) is 34.6 Å². The third-order valence-electron chi connectivity index (χ3n) is 8.42. The molecule has 232 valence electrons. The number of amides is 2. The van der Waals surface area contributed by atoms with Gasteiger partial charge in [0.1, 0.15) is 5.82 Å². The van der Waals surface area contributed by atoms with Gasteiger partial charge in [-0.15, -0.1) is 0 Å². The fourth-order valence-electron chi connectivity index (χ4n) is 6.11. The second-order valence-corrected chi connectivity index (χ2v) is 13.5. The number of nitrogens with one attached hydrogen (secondary N) is 2. The SMILES string of the molecule is Cc1c(/C=C2\C(=O)Nc3ccc(S(=O)(=O)Cc4ccc(F)cc4)cc32)[nH]c2c1C(=O)N(C[C@H](O)CN1CCOCC1)CCC2. The standard InChI is InChI=1S/C32H35FN4O6S/c1-20-29(34-28-3-2-10-37(32(40)30(20)28)18-23(38)17-36-11-13-43-14-12-36)16-26-25-15-24(8-9-27(25)35-31(26)39)44(41,42)19-21-4-6-22(33)7-5-21/h4-9,15-16,23,34,38H,2-3,10-14,17-19H2,1H3,(H,35,39)/b26-16-/t23-/m1/s1. The van der Waals surface area contributed by atoms with Crippen LogP contribution < -0.4 is 5.32 Å². The summed E-state index contributed by atoms with van der Waals surface area (Å²) in [5.74, 6) is -1.30. The Morgan fingerprint density at radius 2 is 1.82 bits per heavy atom. The first kappa shape index (κ1) is 30.2. The molecule has 0 radical (unpaired) electrons. The van der Waals surface area contributed by atoms with Crippen molar-refractivity contribution < 1.29 is 32.2 Å². The number of anilines is 1. The number of halogens is 1. The van der Waals surface area contributed by atoms with Gasteiger partial charge in [-0.3, -0.25) is 14.5 Å². The normalized spacial score (nSPS) is 19.1. The number of carbonyl (C=O) groups is 2. The molecule has 0 spiro atoms. The van der Waals surface area contributed by atoms with E-state index in [1.165, 1.54) is 36.4 Å². The molecule has 3 aliphatic heterocycles. The van der Waals surface area contributed by atoms with Crippen molar-refractivity contribution in [2.75, 3.05) is 51.3 Å². The quantitative estimate of drug-likeness (QED) is 0.329. The second kappa shape index (κ2) is 12.3. The zero-order chi connectivity index (χ0) is 31.0. The number of morpholine rings is 1. The molecule has 3 N–H and O–H groups in total. The number of fused-ring (bicyclic) bond motifs is 2. The molecule has 3 aliphatic rings. The van der Waals surface area contributed by atoms with Crippen LogP contribution in [0.3, 0.4) is 0 Å². The molecule has 44 heavy (non-hydrogen) atoms. The maximum absolute atomic E-state index is 13.7. The van der Waals surface area contributed by atoms with Gasteiger partial charge in [0.25, 0.3) is 11.8 Å². The molecule has 1 fully saturated rings. The number of hydrogen-bond donors (Lipinski definition) is 3. The predicted octanol–water partition coefficient (Wildman–Crippen LogP) is 3.01. The molecule has 0 bridgehead atoms. The van der Waals surface area contributed by atoms with Crippen LogP contribution in [0.2, 0.25) is 0 Å². The summed E-state index contributed by atoms with van der Waals surface area (Å²) < 4.78 is 45.1. The zero-order valence-electron chi connectivity index (χ0n) is 24.4. The molecular weight excluding hydrogens is 587 g/mol. The van der Waals surface area contributed by atoms with E-state index in [1.54, 1.807) is 17.0 Å². The van der Waals surface area contributed by atoms with Gasteiger partial charge in [-0.2, -0.15) is 0 Å². The highest BCUT2D eigenvalue weighted by molar-refractivity contribution is 7.90. The fourth-order valence-corrected chi connectivity index (χ4v) is 7.48. The number of aromatic nitrogens is 1. The number of sulfone groups is 1. The fraction of sp³-hybridized carbons (Fsp3) is 0.375. The van der Waals surface area contributed by atoms with Crippen LogP contribution >= 0.6 is 0 Å². The number of aromatic amines is 1. The number of aliphatic hydroxyl groups is 1. The van der Waals surface area contributed by atoms with E-state index in [2.05, 4.69) is 15.2 Å². The van der Waals surface area contributed by atoms with E-state index >= 15 is 0 Å². The number of rotatable bonds is 8. The highest BCUT2D eigenvalue weighted by atomic mass is 32.2. The summed E-state index contributed by atoms with van der Waals surface area (Å²) in [7, 11) is -3.79. The van der Waals surface area contributed by atoms with Gasteiger partial charge in [0.15, 0.2) is 9.84 Å². The van der Waals surface area contributed by atoms with Crippen molar-refractivity contribution in [3.63, 3.8) is 0 Å². The summed E-state index contributed by atoms with van der Waals surface area (Å²) in [5, 5.41) is 13.6. The first-order valence-corrected chi connectivity index (χ1v) is 16.4. The van der Waals surface area contributed by atoms with Gasteiger partial charge in [0.2, 0.25) is 0 Å². The Hall–Kier alpha value is -3.84. The lowest BCUT2D eigenvalue weighted by Crippen LogP contribution is -2.46. The van der Waals surface area contributed by atoms with Crippen molar-refractivity contribution in [2.24, 2.45) is 0 Å².